The summed E-state index contributed by atoms with van der Waals surface area (Å²) in [7, 11) is 4.00. The molecule has 144 valence electrons. The highest BCUT2D eigenvalue weighted by Crippen LogP contribution is 2.36. The van der Waals surface area contributed by atoms with E-state index < -0.39 is 4.92 Å². The number of carbonyl (C=O) groups excluding carboxylic acids is 1. The number of benzene rings is 2. The second kappa shape index (κ2) is 8.20. The Labute approximate surface area is 160 Å². The summed E-state index contributed by atoms with van der Waals surface area (Å²) in [5, 5.41) is 13.8. The van der Waals surface area contributed by atoms with Crippen LogP contribution in [-0.4, -0.2) is 24.9 Å². The summed E-state index contributed by atoms with van der Waals surface area (Å²) in [5.74, 6) is 0.190. The zero-order valence-electron chi connectivity index (χ0n) is 16.7. The lowest BCUT2D eigenvalue weighted by molar-refractivity contribution is -0.384. The summed E-state index contributed by atoms with van der Waals surface area (Å²) in [6, 6.07) is 9.84. The highest BCUT2D eigenvalue weighted by molar-refractivity contribution is 6.05. The largest absolute Gasteiger partial charge is 0.378 e. The molecule has 0 bridgehead atoms. The predicted molar refractivity (Wildman–Crippen MR) is 110 cm³/mol. The number of nitro groups is 1. The van der Waals surface area contributed by atoms with Crippen molar-refractivity contribution in [3.05, 3.63) is 63.2 Å². The van der Waals surface area contributed by atoms with E-state index in [9.17, 15) is 14.9 Å². The highest BCUT2D eigenvalue weighted by Gasteiger charge is 2.19. The molecular weight excluding hydrogens is 342 g/mol. The minimum atomic E-state index is -0.477. The van der Waals surface area contributed by atoms with Gasteiger partial charge in [-0.3, -0.25) is 14.9 Å². The van der Waals surface area contributed by atoms with Gasteiger partial charge in [0.25, 0.3) is 11.6 Å². The fraction of sp³-hybridized carbons (Fsp3) is 0.381. The van der Waals surface area contributed by atoms with E-state index in [0.717, 1.165) is 22.5 Å². The van der Waals surface area contributed by atoms with Crippen LogP contribution >= 0.6 is 0 Å². The number of nitrogens with one attached hydrogen (secondary N) is 1. The van der Waals surface area contributed by atoms with Gasteiger partial charge in [0.1, 0.15) is 0 Å². The average molecular weight is 369 g/mol. The Morgan fingerprint density at radius 3 is 1.85 bits per heavy atom. The van der Waals surface area contributed by atoms with Crippen LogP contribution in [-0.2, 0) is 0 Å². The van der Waals surface area contributed by atoms with Crippen molar-refractivity contribution in [2.24, 2.45) is 0 Å². The standard InChI is InChI=1S/C21H27N3O3/c1-13(2)18-11-17(23(5)6)12-19(14(3)4)20(18)22-21(25)15-7-9-16(10-8-15)24(26)27/h7-14H,1-6H3,(H,22,25). The molecule has 27 heavy (non-hydrogen) atoms. The van der Waals surface area contributed by atoms with E-state index in [-0.39, 0.29) is 23.4 Å². The third-order valence-corrected chi connectivity index (χ3v) is 4.52. The Morgan fingerprint density at radius 2 is 1.48 bits per heavy atom. The summed E-state index contributed by atoms with van der Waals surface area (Å²) in [6.07, 6.45) is 0. The molecule has 1 N–H and O–H groups in total. The van der Waals surface area contributed by atoms with E-state index in [1.165, 1.54) is 24.3 Å². The van der Waals surface area contributed by atoms with E-state index in [1.54, 1.807) is 0 Å². The van der Waals surface area contributed by atoms with E-state index in [1.807, 2.05) is 14.1 Å². The lowest BCUT2D eigenvalue weighted by Gasteiger charge is -2.24. The zero-order chi connectivity index (χ0) is 20.3. The third-order valence-electron chi connectivity index (χ3n) is 4.52. The SMILES string of the molecule is CC(C)c1cc(N(C)C)cc(C(C)C)c1NC(=O)c1ccc([N+](=O)[O-])cc1. The van der Waals surface area contributed by atoms with Crippen LogP contribution < -0.4 is 10.2 Å². The molecule has 0 atom stereocenters. The molecule has 0 aliphatic rings. The predicted octanol–water partition coefficient (Wildman–Crippen LogP) is 5.16. The van der Waals surface area contributed by atoms with Gasteiger partial charge in [0.15, 0.2) is 0 Å². The first-order valence-corrected chi connectivity index (χ1v) is 9.02. The quantitative estimate of drug-likeness (QED) is 0.564. The molecule has 0 aliphatic carbocycles. The lowest BCUT2D eigenvalue weighted by Crippen LogP contribution is -2.17. The van der Waals surface area contributed by atoms with Crippen molar-refractivity contribution in [2.45, 2.75) is 39.5 Å². The lowest BCUT2D eigenvalue weighted by atomic mass is 9.91. The summed E-state index contributed by atoms with van der Waals surface area (Å²) >= 11 is 0. The Bertz CT molecular complexity index is 811. The molecule has 0 aliphatic heterocycles. The normalized spacial score (nSPS) is 11.0. The number of carbonyl (C=O) groups is 1. The maximum absolute atomic E-state index is 12.8. The van der Waals surface area contributed by atoms with Gasteiger partial charge in [0.2, 0.25) is 0 Å². The van der Waals surface area contributed by atoms with Gasteiger partial charge in [-0.15, -0.1) is 0 Å². The molecule has 0 unspecified atom stereocenters. The molecule has 0 radical (unpaired) electrons. The Kier molecular flexibility index (Phi) is 6.20. The number of anilines is 2. The van der Waals surface area contributed by atoms with Crippen molar-refractivity contribution in [3.8, 4) is 0 Å². The monoisotopic (exact) mass is 369 g/mol. The maximum Gasteiger partial charge on any atom is 0.269 e. The first-order chi connectivity index (χ1) is 12.6. The van der Waals surface area contributed by atoms with E-state index >= 15 is 0 Å². The molecular formula is C21H27N3O3. The molecule has 0 saturated heterocycles. The van der Waals surface area contributed by atoms with Crippen molar-refractivity contribution in [3.63, 3.8) is 0 Å². The van der Waals surface area contributed by atoms with Crippen molar-refractivity contribution in [1.82, 2.24) is 0 Å². The van der Waals surface area contributed by atoms with Crippen LogP contribution in [0.1, 0.15) is 61.0 Å². The summed E-state index contributed by atoms with van der Waals surface area (Å²) in [4.78, 5) is 25.2. The molecule has 0 aromatic heterocycles. The van der Waals surface area contributed by atoms with Gasteiger partial charge >= 0.3 is 0 Å². The van der Waals surface area contributed by atoms with Crippen LogP contribution in [0.3, 0.4) is 0 Å². The zero-order valence-corrected chi connectivity index (χ0v) is 16.7. The number of rotatable bonds is 6. The molecule has 2 aromatic carbocycles. The van der Waals surface area contributed by atoms with Crippen LogP contribution in [0.5, 0.6) is 0 Å². The molecule has 2 aromatic rings. The van der Waals surface area contributed by atoms with Gasteiger partial charge in [-0.25, -0.2) is 0 Å². The van der Waals surface area contributed by atoms with Gasteiger partial charge in [-0.1, -0.05) is 27.7 Å². The molecule has 0 heterocycles. The Balaban J connectivity index is 2.46. The topological polar surface area (TPSA) is 75.5 Å². The minimum Gasteiger partial charge on any atom is -0.378 e. The van der Waals surface area contributed by atoms with Crippen molar-refractivity contribution in [1.29, 1.82) is 0 Å². The van der Waals surface area contributed by atoms with Crippen molar-refractivity contribution in [2.75, 3.05) is 24.3 Å². The van der Waals surface area contributed by atoms with Gasteiger partial charge < -0.3 is 10.2 Å². The number of amides is 1. The van der Waals surface area contributed by atoms with Crippen molar-refractivity contribution < 1.29 is 9.72 Å². The average Bonchev–Trinajstić information content (AvgIpc) is 2.61. The van der Waals surface area contributed by atoms with E-state index in [4.69, 9.17) is 0 Å². The number of nitrogens with zero attached hydrogens (tertiary/aromatic N) is 2. The van der Waals surface area contributed by atoms with E-state index in [0.29, 0.717) is 5.56 Å². The number of non-ortho nitro benzene ring substituents is 1. The molecule has 0 spiro atoms. The smallest absolute Gasteiger partial charge is 0.269 e. The van der Waals surface area contributed by atoms with Crippen LogP contribution in [0, 0.1) is 10.1 Å². The van der Waals surface area contributed by atoms with Crippen molar-refractivity contribution >= 4 is 23.0 Å². The van der Waals surface area contributed by atoms with Crippen LogP contribution in [0.4, 0.5) is 17.1 Å². The molecule has 6 heteroatoms. The summed E-state index contributed by atoms with van der Waals surface area (Å²) in [5.41, 5.74) is 4.42. The number of hydrogen-bond acceptors (Lipinski definition) is 4. The molecule has 1 amide bonds. The molecule has 6 nitrogen and oxygen atoms in total. The first-order valence-electron chi connectivity index (χ1n) is 9.02. The van der Waals surface area contributed by atoms with Gasteiger partial charge in [0, 0.05) is 43.2 Å². The fourth-order valence-electron chi connectivity index (χ4n) is 2.90. The Morgan fingerprint density at radius 1 is 1.00 bits per heavy atom. The van der Waals surface area contributed by atoms with Crippen LogP contribution in [0.25, 0.3) is 0 Å². The minimum absolute atomic E-state index is 0.0346. The van der Waals surface area contributed by atoms with Crippen LogP contribution in [0.2, 0.25) is 0 Å². The Hall–Kier alpha value is -2.89. The third kappa shape index (κ3) is 4.64. The molecule has 0 fully saturated rings. The number of hydrogen-bond donors (Lipinski definition) is 1. The summed E-state index contributed by atoms with van der Waals surface area (Å²) in [6.45, 7) is 8.39. The number of nitro benzene ring substituents is 1. The van der Waals surface area contributed by atoms with E-state index in [2.05, 4.69) is 50.0 Å². The van der Waals surface area contributed by atoms with Gasteiger partial charge in [-0.2, -0.15) is 0 Å². The van der Waals surface area contributed by atoms with Gasteiger partial charge in [-0.05, 0) is 47.2 Å². The second-order valence-corrected chi connectivity index (χ2v) is 7.46. The fourth-order valence-corrected chi connectivity index (χ4v) is 2.90. The highest BCUT2D eigenvalue weighted by atomic mass is 16.6. The summed E-state index contributed by atoms with van der Waals surface area (Å²) < 4.78 is 0. The molecule has 0 saturated carbocycles. The molecule has 2 rings (SSSR count). The van der Waals surface area contributed by atoms with Crippen LogP contribution in [0.15, 0.2) is 36.4 Å². The maximum atomic E-state index is 12.8. The van der Waals surface area contributed by atoms with Gasteiger partial charge in [0.05, 0.1) is 4.92 Å². The first kappa shape index (κ1) is 20.4. The second-order valence-electron chi connectivity index (χ2n) is 7.46.